The molecule has 5 heteroatoms. The van der Waals surface area contributed by atoms with Crippen molar-refractivity contribution in [3.8, 4) is 0 Å². The number of hydrogen-bond acceptors (Lipinski definition) is 2. The number of benzene rings is 1. The molecule has 0 radical (unpaired) electrons. The first-order chi connectivity index (χ1) is 6.08. The fourth-order valence-electron chi connectivity index (χ4n) is 0.775. The van der Waals surface area contributed by atoms with Gasteiger partial charge in [0, 0.05) is 5.75 Å². The molecule has 0 aliphatic rings. The molecule has 0 unspecified atom stereocenters. The maximum Gasteiger partial charge on any atom is 0.466 e. The van der Waals surface area contributed by atoms with Crippen LogP contribution in [0.3, 0.4) is 0 Å². The van der Waals surface area contributed by atoms with E-state index in [2.05, 4.69) is 0 Å². The monoisotopic (exact) mass is 207 g/mol. The second kappa shape index (κ2) is 4.53. The molecule has 0 fully saturated rings. The molecule has 0 bridgehead atoms. The summed E-state index contributed by atoms with van der Waals surface area (Å²) in [6.45, 7) is 0. The maximum absolute atomic E-state index is 11.6. The predicted molar refractivity (Wildman–Crippen MR) is 46.9 cm³/mol. The smallest absolute Gasteiger partial charge is 0.172 e. The lowest BCUT2D eigenvalue weighted by Gasteiger charge is -2.06. The number of nitrogens with one attached hydrogen (secondary N) is 1. The highest BCUT2D eigenvalue weighted by atomic mass is 32.2. The van der Waals surface area contributed by atoms with Gasteiger partial charge in [0.25, 0.3) is 0 Å². The molecule has 0 aliphatic carbocycles. The first-order valence-electron chi connectivity index (χ1n) is 3.57. The first kappa shape index (κ1) is 10.4. The Morgan fingerprint density at radius 1 is 1.15 bits per heavy atom. The summed E-state index contributed by atoms with van der Waals surface area (Å²) < 4.78 is 36.3. The summed E-state index contributed by atoms with van der Waals surface area (Å²) in [6.07, 6.45) is -4.31. The summed E-state index contributed by atoms with van der Waals surface area (Å²) >= 11 is 0.638. The van der Waals surface area contributed by atoms with Gasteiger partial charge < -0.3 is 0 Å². The van der Waals surface area contributed by atoms with Gasteiger partial charge in [-0.1, -0.05) is 42.3 Å². The van der Waals surface area contributed by atoms with Gasteiger partial charge in [-0.3, -0.25) is 0 Å². The van der Waals surface area contributed by atoms with Gasteiger partial charge in [0.2, 0.25) is 0 Å². The van der Waals surface area contributed by atoms with Gasteiger partial charge in [-0.15, -0.1) is 0 Å². The van der Waals surface area contributed by atoms with Gasteiger partial charge in [0.15, 0.2) is 0 Å². The lowest BCUT2D eigenvalue weighted by molar-refractivity contribution is -0.136. The van der Waals surface area contributed by atoms with Crippen LogP contribution < -0.4 is 4.72 Å². The van der Waals surface area contributed by atoms with E-state index in [1.165, 1.54) is 4.72 Å². The van der Waals surface area contributed by atoms with Crippen molar-refractivity contribution in [2.24, 2.45) is 0 Å². The summed E-state index contributed by atoms with van der Waals surface area (Å²) in [4.78, 5) is 0. The highest BCUT2D eigenvalue weighted by Crippen LogP contribution is 2.17. The normalized spacial score (nSPS) is 11.6. The van der Waals surface area contributed by atoms with Gasteiger partial charge in [-0.05, 0) is 5.56 Å². The molecular formula is C8H8F3NS. The number of rotatable bonds is 3. The minimum Gasteiger partial charge on any atom is -0.172 e. The summed E-state index contributed by atoms with van der Waals surface area (Å²) in [7, 11) is 0. The molecule has 0 atom stereocenters. The minimum absolute atomic E-state index is 0.306. The van der Waals surface area contributed by atoms with E-state index in [0.717, 1.165) is 5.56 Å². The molecule has 0 saturated carbocycles. The highest BCUT2D eigenvalue weighted by molar-refractivity contribution is 7.96. The fraction of sp³-hybridized carbons (Fsp3) is 0.250. The van der Waals surface area contributed by atoms with Crippen LogP contribution in [0.2, 0.25) is 0 Å². The molecule has 0 heterocycles. The molecule has 0 aliphatic heterocycles. The molecule has 0 spiro atoms. The Morgan fingerprint density at radius 2 is 1.77 bits per heavy atom. The van der Waals surface area contributed by atoms with Crippen LogP contribution in [0.15, 0.2) is 30.3 Å². The second-order valence-corrected chi connectivity index (χ2v) is 3.16. The molecule has 0 amide bonds. The Bertz CT molecular complexity index is 247. The third-order valence-electron chi connectivity index (χ3n) is 1.27. The van der Waals surface area contributed by atoms with E-state index in [1.807, 2.05) is 6.07 Å². The molecule has 0 saturated heterocycles. The quantitative estimate of drug-likeness (QED) is 0.604. The van der Waals surface area contributed by atoms with Crippen LogP contribution in [0.5, 0.6) is 0 Å². The standard InChI is InChI=1S/C8H8F3NS/c9-8(10,11)12-13-6-7-4-2-1-3-5-7/h1-5,12H,6H2. The molecule has 1 nitrogen and oxygen atoms in total. The molecule has 1 aromatic carbocycles. The molecule has 1 rings (SSSR count). The van der Waals surface area contributed by atoms with Crippen molar-refractivity contribution in [1.82, 2.24) is 4.72 Å². The topological polar surface area (TPSA) is 12.0 Å². The SMILES string of the molecule is FC(F)(F)NSCc1ccccc1. The zero-order chi connectivity index (χ0) is 9.73. The Morgan fingerprint density at radius 3 is 2.31 bits per heavy atom. The highest BCUT2D eigenvalue weighted by Gasteiger charge is 2.26. The van der Waals surface area contributed by atoms with Gasteiger partial charge >= 0.3 is 6.30 Å². The van der Waals surface area contributed by atoms with E-state index in [4.69, 9.17) is 0 Å². The zero-order valence-electron chi connectivity index (χ0n) is 6.64. The van der Waals surface area contributed by atoms with Crippen molar-refractivity contribution in [3.05, 3.63) is 35.9 Å². The van der Waals surface area contributed by atoms with Crippen molar-refractivity contribution in [2.45, 2.75) is 12.1 Å². The summed E-state index contributed by atoms with van der Waals surface area (Å²) in [6, 6.07) is 8.98. The minimum atomic E-state index is -4.31. The molecule has 72 valence electrons. The molecule has 1 N–H and O–H groups in total. The average molecular weight is 207 g/mol. The van der Waals surface area contributed by atoms with Crippen molar-refractivity contribution in [2.75, 3.05) is 0 Å². The Hall–Kier alpha value is -0.680. The van der Waals surface area contributed by atoms with E-state index in [1.54, 1.807) is 24.3 Å². The third kappa shape index (κ3) is 4.80. The van der Waals surface area contributed by atoms with Crippen LogP contribution in [-0.2, 0) is 5.75 Å². The van der Waals surface area contributed by atoms with Crippen molar-refractivity contribution >= 4 is 11.9 Å². The summed E-state index contributed by atoms with van der Waals surface area (Å²) in [5.74, 6) is 0.306. The number of hydrogen-bond donors (Lipinski definition) is 1. The predicted octanol–water partition coefficient (Wildman–Crippen LogP) is 2.94. The molecule has 1 aromatic rings. The molecular weight excluding hydrogens is 199 g/mol. The Kier molecular flexibility index (Phi) is 3.62. The van der Waals surface area contributed by atoms with Gasteiger partial charge in [-0.2, -0.15) is 17.9 Å². The van der Waals surface area contributed by atoms with Crippen molar-refractivity contribution in [3.63, 3.8) is 0 Å². The van der Waals surface area contributed by atoms with E-state index in [-0.39, 0.29) is 0 Å². The molecule has 13 heavy (non-hydrogen) atoms. The van der Waals surface area contributed by atoms with Crippen LogP contribution in [-0.4, -0.2) is 6.30 Å². The third-order valence-corrected chi connectivity index (χ3v) is 2.12. The van der Waals surface area contributed by atoms with Crippen molar-refractivity contribution < 1.29 is 13.2 Å². The Balaban J connectivity index is 2.29. The van der Waals surface area contributed by atoms with Crippen LogP contribution >= 0.6 is 11.9 Å². The molecule has 0 aromatic heterocycles. The van der Waals surface area contributed by atoms with E-state index in [9.17, 15) is 13.2 Å². The lowest BCUT2D eigenvalue weighted by atomic mass is 10.2. The van der Waals surface area contributed by atoms with E-state index in [0.29, 0.717) is 17.7 Å². The van der Waals surface area contributed by atoms with Crippen LogP contribution in [0.1, 0.15) is 5.56 Å². The van der Waals surface area contributed by atoms with Gasteiger partial charge in [-0.25, -0.2) is 0 Å². The lowest BCUT2D eigenvalue weighted by Crippen LogP contribution is -2.24. The average Bonchev–Trinajstić information content (AvgIpc) is 2.04. The summed E-state index contributed by atoms with van der Waals surface area (Å²) in [5.41, 5.74) is 0.865. The van der Waals surface area contributed by atoms with E-state index >= 15 is 0 Å². The second-order valence-electron chi connectivity index (χ2n) is 2.37. The number of alkyl halides is 3. The zero-order valence-corrected chi connectivity index (χ0v) is 7.45. The Labute approximate surface area is 78.5 Å². The summed E-state index contributed by atoms with van der Waals surface area (Å²) in [5, 5.41) is 0. The van der Waals surface area contributed by atoms with Crippen molar-refractivity contribution in [1.29, 1.82) is 0 Å². The van der Waals surface area contributed by atoms with E-state index < -0.39 is 6.30 Å². The number of halogens is 3. The first-order valence-corrected chi connectivity index (χ1v) is 4.56. The van der Waals surface area contributed by atoms with Crippen LogP contribution in [0, 0.1) is 0 Å². The van der Waals surface area contributed by atoms with Crippen LogP contribution in [0.25, 0.3) is 0 Å². The largest absolute Gasteiger partial charge is 0.466 e. The fourth-order valence-corrected chi connectivity index (χ4v) is 1.37. The maximum atomic E-state index is 11.6. The van der Waals surface area contributed by atoms with Gasteiger partial charge in [0.1, 0.15) is 0 Å². The van der Waals surface area contributed by atoms with Gasteiger partial charge in [0.05, 0.1) is 0 Å². The van der Waals surface area contributed by atoms with Crippen LogP contribution in [0.4, 0.5) is 13.2 Å².